The van der Waals surface area contributed by atoms with Crippen LogP contribution < -0.4 is 0 Å². The average molecular weight is 342 g/mol. The summed E-state index contributed by atoms with van der Waals surface area (Å²) in [6, 6.07) is 20.8. The Morgan fingerprint density at radius 2 is 1.46 bits per heavy atom. The van der Waals surface area contributed by atoms with Gasteiger partial charge in [-0.1, -0.05) is 72.5 Å². The molecule has 2 nitrogen and oxygen atoms in total. The quantitative estimate of drug-likeness (QED) is 0.670. The summed E-state index contributed by atoms with van der Waals surface area (Å²) in [4.78, 5) is 2.34. The highest BCUT2D eigenvalue weighted by atomic mass is 16.3. The van der Waals surface area contributed by atoms with Crippen molar-refractivity contribution in [3.63, 3.8) is 0 Å². The van der Waals surface area contributed by atoms with Crippen LogP contribution in [0.15, 0.2) is 60.7 Å². The Hall–Kier alpha value is -2.02. The zero-order valence-corrected chi connectivity index (χ0v) is 15.4. The van der Waals surface area contributed by atoms with Crippen molar-refractivity contribution in [2.45, 2.75) is 30.8 Å². The van der Waals surface area contributed by atoms with Crippen molar-refractivity contribution in [2.24, 2.45) is 5.92 Å². The van der Waals surface area contributed by atoms with Gasteiger partial charge >= 0.3 is 0 Å². The lowest BCUT2D eigenvalue weighted by atomic mass is 9.73. The van der Waals surface area contributed by atoms with Gasteiger partial charge in [0.15, 0.2) is 0 Å². The SMILES string of the molecule is CC(C#CC1(O)CN2CCC1CC2)(c1ccccc1)c1ccccc1.[B]. The second-order valence-electron chi connectivity index (χ2n) is 7.58. The molecule has 131 valence electrons. The molecule has 3 saturated heterocycles. The Morgan fingerprint density at radius 1 is 0.962 bits per heavy atom. The van der Waals surface area contributed by atoms with E-state index in [9.17, 15) is 5.11 Å². The van der Waals surface area contributed by atoms with Gasteiger partial charge in [0.05, 0.1) is 5.41 Å². The number of hydrogen-bond donors (Lipinski definition) is 1. The van der Waals surface area contributed by atoms with Gasteiger partial charge in [0, 0.05) is 20.9 Å². The molecule has 0 aromatic heterocycles. The molecule has 3 heterocycles. The fourth-order valence-corrected chi connectivity index (χ4v) is 4.27. The summed E-state index contributed by atoms with van der Waals surface area (Å²) >= 11 is 0. The minimum absolute atomic E-state index is 0. The van der Waals surface area contributed by atoms with Crippen LogP contribution in [0.3, 0.4) is 0 Å². The lowest BCUT2D eigenvalue weighted by molar-refractivity contribution is -0.0714. The third kappa shape index (κ3) is 3.32. The molecule has 2 aromatic carbocycles. The van der Waals surface area contributed by atoms with E-state index in [0.29, 0.717) is 12.5 Å². The maximum Gasteiger partial charge on any atom is 0.140 e. The van der Waals surface area contributed by atoms with Gasteiger partial charge in [-0.3, -0.25) is 4.90 Å². The molecule has 0 amide bonds. The van der Waals surface area contributed by atoms with Crippen molar-refractivity contribution < 1.29 is 5.11 Å². The van der Waals surface area contributed by atoms with Gasteiger partial charge in [0.25, 0.3) is 0 Å². The number of aliphatic hydroxyl groups is 1. The summed E-state index contributed by atoms with van der Waals surface area (Å²) in [7, 11) is 0. The molecule has 3 heteroatoms. The number of rotatable bonds is 2. The summed E-state index contributed by atoms with van der Waals surface area (Å²) in [5, 5.41) is 11.2. The number of hydrogen-bond acceptors (Lipinski definition) is 2. The molecule has 1 atom stereocenters. The van der Waals surface area contributed by atoms with Gasteiger partial charge in [-0.2, -0.15) is 0 Å². The normalized spacial score (nSPS) is 27.2. The van der Waals surface area contributed by atoms with Gasteiger partial charge in [0.2, 0.25) is 0 Å². The van der Waals surface area contributed by atoms with E-state index in [-0.39, 0.29) is 8.41 Å². The van der Waals surface area contributed by atoms with E-state index in [1.54, 1.807) is 0 Å². The minimum atomic E-state index is -0.874. The van der Waals surface area contributed by atoms with Gasteiger partial charge in [-0.15, -0.1) is 0 Å². The predicted molar refractivity (Wildman–Crippen MR) is 107 cm³/mol. The molecule has 3 radical (unpaired) electrons. The molecule has 3 aliphatic rings. The Kier molecular flexibility index (Phi) is 5.28. The summed E-state index contributed by atoms with van der Waals surface area (Å²) < 4.78 is 0. The number of nitrogens with zero attached hydrogens (tertiary/aromatic N) is 1. The largest absolute Gasteiger partial charge is 0.376 e. The zero-order valence-electron chi connectivity index (χ0n) is 15.4. The highest BCUT2D eigenvalue weighted by Gasteiger charge is 2.44. The molecule has 5 rings (SSSR count). The van der Waals surface area contributed by atoms with Crippen molar-refractivity contribution >= 4 is 8.41 Å². The molecule has 0 saturated carbocycles. The van der Waals surface area contributed by atoms with Gasteiger partial charge in [-0.05, 0) is 44.0 Å². The van der Waals surface area contributed by atoms with E-state index in [1.165, 1.54) is 11.1 Å². The van der Waals surface area contributed by atoms with Crippen LogP contribution >= 0.6 is 0 Å². The Labute approximate surface area is 158 Å². The van der Waals surface area contributed by atoms with Crippen LogP contribution in [0.2, 0.25) is 0 Å². The standard InChI is InChI=1S/C23H25NO.B/c1-22(19-8-4-2-5-9-19,20-10-6-3-7-11-20)14-15-23(25)18-24-16-12-21(23)13-17-24;/h2-11,21,25H,12-13,16-18H2,1H3;. The fraction of sp³-hybridized carbons (Fsp3) is 0.391. The molecule has 0 spiro atoms. The van der Waals surface area contributed by atoms with Crippen LogP contribution in [-0.4, -0.2) is 43.7 Å². The highest BCUT2D eigenvalue weighted by molar-refractivity contribution is 5.75. The van der Waals surface area contributed by atoms with E-state index in [2.05, 4.69) is 72.2 Å². The molecule has 2 aromatic rings. The summed E-state index contributed by atoms with van der Waals surface area (Å²) in [6.45, 7) is 5.05. The number of benzene rings is 2. The lowest BCUT2D eigenvalue weighted by Crippen LogP contribution is -2.58. The molecule has 3 aliphatic heterocycles. The monoisotopic (exact) mass is 342 g/mol. The number of fused-ring (bicyclic) bond motifs is 3. The first-order valence-electron chi connectivity index (χ1n) is 9.20. The van der Waals surface area contributed by atoms with Crippen LogP contribution in [0.25, 0.3) is 0 Å². The van der Waals surface area contributed by atoms with Gasteiger partial charge in [0.1, 0.15) is 5.60 Å². The molecule has 1 N–H and O–H groups in total. The van der Waals surface area contributed by atoms with Crippen LogP contribution in [0, 0.1) is 17.8 Å². The van der Waals surface area contributed by atoms with Crippen molar-refractivity contribution in [1.29, 1.82) is 0 Å². The lowest BCUT2D eigenvalue weighted by Gasteiger charge is -2.48. The van der Waals surface area contributed by atoms with E-state index >= 15 is 0 Å². The van der Waals surface area contributed by atoms with E-state index < -0.39 is 11.0 Å². The van der Waals surface area contributed by atoms with Crippen LogP contribution in [-0.2, 0) is 5.41 Å². The van der Waals surface area contributed by atoms with Gasteiger partial charge < -0.3 is 5.11 Å². The molecule has 1 unspecified atom stereocenters. The van der Waals surface area contributed by atoms with Crippen LogP contribution in [0.1, 0.15) is 30.9 Å². The van der Waals surface area contributed by atoms with E-state index in [0.717, 1.165) is 25.9 Å². The molecule has 2 bridgehead atoms. The van der Waals surface area contributed by atoms with Crippen LogP contribution in [0.5, 0.6) is 0 Å². The second kappa shape index (κ2) is 7.31. The maximum atomic E-state index is 11.2. The Balaban J connectivity index is 0.00000196. The predicted octanol–water partition coefficient (Wildman–Crippen LogP) is 3.07. The Morgan fingerprint density at radius 3 is 1.88 bits per heavy atom. The summed E-state index contributed by atoms with van der Waals surface area (Å²) in [5.74, 6) is 7.13. The molecular formula is C23H25BNO. The fourth-order valence-electron chi connectivity index (χ4n) is 4.27. The first kappa shape index (κ1) is 18.8. The van der Waals surface area contributed by atoms with E-state index in [1.807, 2.05) is 12.1 Å². The molecule has 3 fully saturated rings. The topological polar surface area (TPSA) is 23.5 Å². The first-order valence-corrected chi connectivity index (χ1v) is 9.20. The summed E-state index contributed by atoms with van der Waals surface area (Å²) in [6.07, 6.45) is 2.11. The van der Waals surface area contributed by atoms with Gasteiger partial charge in [-0.25, -0.2) is 0 Å². The third-order valence-electron chi connectivity index (χ3n) is 5.96. The Bertz CT molecular complexity index is 748. The second-order valence-corrected chi connectivity index (χ2v) is 7.58. The van der Waals surface area contributed by atoms with Crippen molar-refractivity contribution in [3.8, 4) is 11.8 Å². The van der Waals surface area contributed by atoms with Crippen molar-refractivity contribution in [3.05, 3.63) is 71.8 Å². The molecule has 0 aliphatic carbocycles. The van der Waals surface area contributed by atoms with Crippen molar-refractivity contribution in [2.75, 3.05) is 19.6 Å². The average Bonchev–Trinajstić information content (AvgIpc) is 2.68. The summed E-state index contributed by atoms with van der Waals surface area (Å²) in [5.41, 5.74) is 1.03. The van der Waals surface area contributed by atoms with Crippen molar-refractivity contribution in [1.82, 2.24) is 4.90 Å². The molecular weight excluding hydrogens is 317 g/mol. The first-order chi connectivity index (χ1) is 12.1. The zero-order chi connectivity index (χ0) is 17.3. The van der Waals surface area contributed by atoms with Crippen LogP contribution in [0.4, 0.5) is 0 Å². The molecule has 26 heavy (non-hydrogen) atoms. The third-order valence-corrected chi connectivity index (χ3v) is 5.96. The smallest absolute Gasteiger partial charge is 0.140 e. The minimum Gasteiger partial charge on any atom is -0.376 e. The highest BCUT2D eigenvalue weighted by Crippen LogP contribution is 2.37. The number of piperidine rings is 3. The van der Waals surface area contributed by atoms with E-state index in [4.69, 9.17) is 0 Å². The maximum absolute atomic E-state index is 11.2.